The third kappa shape index (κ3) is 2.59. The lowest BCUT2D eigenvalue weighted by molar-refractivity contribution is 0.149. The van der Waals surface area contributed by atoms with Crippen molar-refractivity contribution in [2.75, 3.05) is 5.32 Å². The Kier molecular flexibility index (Phi) is 3.19. The number of urea groups is 1. The fourth-order valence-electron chi connectivity index (χ4n) is 3.64. The average molecular weight is 260 g/mol. The molecule has 2 saturated carbocycles. The molecule has 0 aromatic heterocycles. The van der Waals surface area contributed by atoms with Crippen LogP contribution in [0, 0.1) is 17.8 Å². The van der Waals surface area contributed by atoms with Gasteiger partial charge in [0, 0.05) is 5.69 Å². The SMILES string of the molecule is NC(=O)Nc1ccc(CCC2C3CCC(O)C23)cc1. The number of aryl methyl sites for hydroxylation is 1. The molecular weight excluding hydrogens is 240 g/mol. The van der Waals surface area contributed by atoms with E-state index < -0.39 is 6.03 Å². The Bertz CT molecular complexity index is 472. The first-order chi connectivity index (χ1) is 9.15. The maximum atomic E-state index is 10.7. The molecule has 4 N–H and O–H groups in total. The number of aliphatic hydroxyl groups excluding tert-OH is 1. The van der Waals surface area contributed by atoms with Crippen LogP contribution in [-0.4, -0.2) is 17.2 Å². The Labute approximate surface area is 113 Å². The highest BCUT2D eigenvalue weighted by Gasteiger charge is 2.56. The molecule has 0 bridgehead atoms. The van der Waals surface area contributed by atoms with Crippen LogP contribution in [-0.2, 0) is 6.42 Å². The van der Waals surface area contributed by atoms with Crippen LogP contribution in [0.4, 0.5) is 10.5 Å². The van der Waals surface area contributed by atoms with Crippen molar-refractivity contribution in [3.8, 4) is 0 Å². The molecule has 1 aromatic rings. The van der Waals surface area contributed by atoms with Gasteiger partial charge in [-0.3, -0.25) is 0 Å². The van der Waals surface area contributed by atoms with E-state index in [-0.39, 0.29) is 6.10 Å². The molecule has 1 aromatic carbocycles. The van der Waals surface area contributed by atoms with Crippen molar-refractivity contribution in [2.45, 2.75) is 31.8 Å². The predicted octanol–water partition coefficient (Wildman–Crippen LogP) is 2.13. The Morgan fingerprint density at radius 1 is 1.32 bits per heavy atom. The Morgan fingerprint density at radius 3 is 2.63 bits per heavy atom. The van der Waals surface area contributed by atoms with Crippen LogP contribution in [0.3, 0.4) is 0 Å². The number of benzene rings is 1. The number of nitrogens with two attached hydrogens (primary N) is 1. The lowest BCUT2D eigenvalue weighted by atomic mass is 10.0. The quantitative estimate of drug-likeness (QED) is 0.775. The number of hydrogen-bond donors (Lipinski definition) is 3. The van der Waals surface area contributed by atoms with Gasteiger partial charge in [0.2, 0.25) is 0 Å². The monoisotopic (exact) mass is 260 g/mol. The molecule has 4 unspecified atom stereocenters. The first-order valence-electron chi connectivity index (χ1n) is 6.98. The van der Waals surface area contributed by atoms with Gasteiger partial charge >= 0.3 is 6.03 Å². The molecule has 4 atom stereocenters. The minimum atomic E-state index is -0.535. The third-order valence-corrected chi connectivity index (χ3v) is 4.63. The molecule has 2 fully saturated rings. The molecule has 4 nitrogen and oxygen atoms in total. The van der Waals surface area contributed by atoms with Gasteiger partial charge in [-0.2, -0.15) is 0 Å². The molecule has 0 aliphatic heterocycles. The van der Waals surface area contributed by atoms with Crippen LogP contribution < -0.4 is 11.1 Å². The molecule has 3 rings (SSSR count). The van der Waals surface area contributed by atoms with E-state index in [1.165, 1.54) is 12.0 Å². The van der Waals surface area contributed by atoms with E-state index in [2.05, 4.69) is 5.32 Å². The van der Waals surface area contributed by atoms with Crippen molar-refractivity contribution in [3.63, 3.8) is 0 Å². The second-order valence-corrected chi connectivity index (χ2v) is 5.77. The second kappa shape index (κ2) is 4.85. The molecule has 0 radical (unpaired) electrons. The van der Waals surface area contributed by atoms with Gasteiger partial charge in [-0.1, -0.05) is 12.1 Å². The molecule has 2 amide bonds. The molecule has 19 heavy (non-hydrogen) atoms. The topological polar surface area (TPSA) is 75.4 Å². The standard InChI is InChI=1S/C15H20N2O2/c16-15(19)17-10-4-1-9(2-5-10)3-6-11-12-7-8-13(18)14(11)12/h1-2,4-5,11-14,18H,3,6-8H2,(H3,16,17,19). The number of anilines is 1. The molecule has 0 heterocycles. The fourth-order valence-corrected chi connectivity index (χ4v) is 3.64. The number of carbonyl (C=O) groups excluding carboxylic acids is 1. The van der Waals surface area contributed by atoms with Gasteiger partial charge in [-0.25, -0.2) is 4.79 Å². The van der Waals surface area contributed by atoms with Crippen LogP contribution in [0.25, 0.3) is 0 Å². The summed E-state index contributed by atoms with van der Waals surface area (Å²) in [5.41, 5.74) is 7.06. The van der Waals surface area contributed by atoms with Crippen molar-refractivity contribution >= 4 is 11.7 Å². The van der Waals surface area contributed by atoms with Crippen molar-refractivity contribution in [1.29, 1.82) is 0 Å². The number of hydrogen-bond acceptors (Lipinski definition) is 2. The third-order valence-electron chi connectivity index (χ3n) is 4.63. The zero-order valence-electron chi connectivity index (χ0n) is 10.9. The molecule has 4 heteroatoms. The molecular formula is C15H20N2O2. The van der Waals surface area contributed by atoms with E-state index in [4.69, 9.17) is 5.73 Å². The number of primary amides is 1. The van der Waals surface area contributed by atoms with Crippen molar-refractivity contribution in [1.82, 2.24) is 0 Å². The summed E-state index contributed by atoms with van der Waals surface area (Å²) in [5.74, 6) is 2.09. The predicted molar refractivity (Wildman–Crippen MR) is 73.7 cm³/mol. The molecule has 2 aliphatic rings. The number of carbonyl (C=O) groups is 1. The lowest BCUT2D eigenvalue weighted by Crippen LogP contribution is -2.19. The van der Waals surface area contributed by atoms with Gasteiger partial charge in [0.15, 0.2) is 0 Å². The van der Waals surface area contributed by atoms with Gasteiger partial charge in [-0.05, 0) is 61.1 Å². The van der Waals surface area contributed by atoms with Crippen LogP contribution >= 0.6 is 0 Å². The summed E-state index contributed by atoms with van der Waals surface area (Å²) in [6.45, 7) is 0. The number of amides is 2. The summed E-state index contributed by atoms with van der Waals surface area (Å²) in [6.07, 6.45) is 4.37. The summed E-state index contributed by atoms with van der Waals surface area (Å²) in [6, 6.07) is 7.28. The van der Waals surface area contributed by atoms with Gasteiger partial charge in [0.25, 0.3) is 0 Å². The van der Waals surface area contributed by atoms with Crippen LogP contribution in [0.2, 0.25) is 0 Å². The summed E-state index contributed by atoms with van der Waals surface area (Å²) in [4.78, 5) is 10.7. The van der Waals surface area contributed by atoms with E-state index in [9.17, 15) is 9.90 Å². The van der Waals surface area contributed by atoms with E-state index in [0.29, 0.717) is 5.92 Å². The summed E-state index contributed by atoms with van der Waals surface area (Å²) < 4.78 is 0. The highest BCUT2D eigenvalue weighted by molar-refractivity contribution is 5.87. The van der Waals surface area contributed by atoms with Gasteiger partial charge in [0.1, 0.15) is 0 Å². The largest absolute Gasteiger partial charge is 0.393 e. The van der Waals surface area contributed by atoms with Crippen molar-refractivity contribution < 1.29 is 9.90 Å². The normalized spacial score (nSPS) is 31.8. The highest BCUT2D eigenvalue weighted by Crippen LogP contribution is 2.59. The smallest absolute Gasteiger partial charge is 0.316 e. The molecule has 0 saturated heterocycles. The van der Waals surface area contributed by atoms with Crippen molar-refractivity contribution in [3.05, 3.63) is 29.8 Å². The summed E-state index contributed by atoms with van der Waals surface area (Å²) >= 11 is 0. The number of aliphatic hydroxyl groups is 1. The van der Waals surface area contributed by atoms with Crippen LogP contribution in [0.1, 0.15) is 24.8 Å². The van der Waals surface area contributed by atoms with Gasteiger partial charge in [-0.15, -0.1) is 0 Å². The van der Waals surface area contributed by atoms with Gasteiger partial charge in [0.05, 0.1) is 6.10 Å². The Hall–Kier alpha value is -1.55. The fraction of sp³-hybridized carbons (Fsp3) is 0.533. The minimum Gasteiger partial charge on any atom is -0.393 e. The zero-order chi connectivity index (χ0) is 13.4. The Morgan fingerprint density at radius 2 is 2.05 bits per heavy atom. The maximum Gasteiger partial charge on any atom is 0.316 e. The molecule has 2 aliphatic carbocycles. The minimum absolute atomic E-state index is 0.0443. The lowest BCUT2D eigenvalue weighted by Gasteiger charge is -2.08. The van der Waals surface area contributed by atoms with Crippen LogP contribution in [0.5, 0.6) is 0 Å². The molecule has 0 spiro atoms. The molecule has 102 valence electrons. The second-order valence-electron chi connectivity index (χ2n) is 5.77. The zero-order valence-corrected chi connectivity index (χ0v) is 10.9. The van der Waals surface area contributed by atoms with Gasteiger partial charge < -0.3 is 16.2 Å². The van der Waals surface area contributed by atoms with Crippen molar-refractivity contribution in [2.24, 2.45) is 23.5 Å². The average Bonchev–Trinajstić information content (AvgIpc) is 2.95. The number of fused-ring (bicyclic) bond motifs is 1. The summed E-state index contributed by atoms with van der Waals surface area (Å²) in [5, 5.41) is 12.3. The Balaban J connectivity index is 1.50. The van der Waals surface area contributed by atoms with E-state index in [0.717, 1.165) is 36.8 Å². The first kappa shape index (κ1) is 12.5. The highest BCUT2D eigenvalue weighted by atomic mass is 16.3. The number of nitrogens with one attached hydrogen (secondary N) is 1. The number of rotatable bonds is 4. The van der Waals surface area contributed by atoms with E-state index in [1.807, 2.05) is 24.3 Å². The van der Waals surface area contributed by atoms with E-state index >= 15 is 0 Å². The van der Waals surface area contributed by atoms with E-state index in [1.54, 1.807) is 0 Å². The maximum absolute atomic E-state index is 10.7. The first-order valence-corrected chi connectivity index (χ1v) is 6.98. The van der Waals surface area contributed by atoms with Crippen LogP contribution in [0.15, 0.2) is 24.3 Å². The summed E-state index contributed by atoms with van der Waals surface area (Å²) in [7, 11) is 0.